The van der Waals surface area contributed by atoms with Gasteiger partial charge >= 0.3 is 15.0 Å². The average Bonchev–Trinajstić information content (AvgIpc) is 2.76. The molecule has 0 aliphatic rings. The number of hydrogen-bond acceptors (Lipinski definition) is 4. The van der Waals surface area contributed by atoms with Gasteiger partial charge in [-0.25, -0.2) is 0 Å². The lowest BCUT2D eigenvalue weighted by atomic mass is 9.82. The summed E-state index contributed by atoms with van der Waals surface area (Å²) in [5.41, 5.74) is 16.3. The van der Waals surface area contributed by atoms with Crippen molar-refractivity contribution in [3.8, 4) is 0 Å². The van der Waals surface area contributed by atoms with Gasteiger partial charge in [0.1, 0.15) is 0 Å². The maximum Gasteiger partial charge on any atom is 0.330 e. The first-order valence-electron chi connectivity index (χ1n) is 9.33. The van der Waals surface area contributed by atoms with Gasteiger partial charge in [-0.3, -0.25) is 0 Å². The molecule has 3 rings (SSSR count). The van der Waals surface area contributed by atoms with E-state index in [4.69, 9.17) is 20.8 Å². The second-order valence-corrected chi connectivity index (χ2v) is 6.60. The number of benzene rings is 3. The van der Waals surface area contributed by atoms with Gasteiger partial charge in [0, 0.05) is 13.2 Å². The van der Waals surface area contributed by atoms with Crippen LogP contribution in [0.15, 0.2) is 84.9 Å². The Morgan fingerprint density at radius 3 is 1.29 bits per heavy atom. The summed E-state index contributed by atoms with van der Waals surface area (Å²) in [4.78, 5) is 0. The quantitative estimate of drug-likeness (QED) is 0.532. The smallest absolute Gasteiger partial charge is 0.330 e. The van der Waals surface area contributed by atoms with Gasteiger partial charge in [-0.1, -0.05) is 95.9 Å². The molecule has 0 heterocycles. The van der Waals surface area contributed by atoms with Gasteiger partial charge in [0.25, 0.3) is 0 Å². The molecule has 0 saturated carbocycles. The minimum Gasteiger partial charge on any atom is -0.432 e. The molecule has 0 fully saturated rings. The van der Waals surface area contributed by atoms with Crippen LogP contribution in [0.25, 0.3) is 0 Å². The van der Waals surface area contributed by atoms with E-state index in [2.05, 4.69) is 0 Å². The van der Waals surface area contributed by atoms with Crippen LogP contribution in [0.5, 0.6) is 0 Å². The van der Waals surface area contributed by atoms with E-state index in [0.717, 1.165) is 22.1 Å². The van der Waals surface area contributed by atoms with Gasteiger partial charge < -0.3 is 20.8 Å². The van der Waals surface area contributed by atoms with Gasteiger partial charge in [0.2, 0.25) is 0 Å². The third kappa shape index (κ3) is 6.36. The van der Waals surface area contributed by atoms with Crippen molar-refractivity contribution in [2.45, 2.75) is 12.1 Å². The highest BCUT2D eigenvalue weighted by molar-refractivity contribution is 6.49. The van der Waals surface area contributed by atoms with E-state index in [9.17, 15) is 0 Å². The molecule has 0 amide bonds. The summed E-state index contributed by atoms with van der Waals surface area (Å²) in [6.07, 6.45) is 0. The predicted molar refractivity (Wildman–Crippen MR) is 116 cm³/mol. The first-order chi connectivity index (χ1) is 13.7. The van der Waals surface area contributed by atoms with Crippen LogP contribution in [0, 0.1) is 0 Å². The Kier molecular flexibility index (Phi) is 7.88. The summed E-state index contributed by atoms with van der Waals surface area (Å²) in [5.74, 6) is 0. The molecule has 6 heteroatoms. The van der Waals surface area contributed by atoms with Gasteiger partial charge in [-0.15, -0.1) is 0 Å². The average molecular weight is 370 g/mol. The SMILES string of the molecule is NC(CO[B]c1ccc([B]OCC(N)c2ccccc2)cc1)c1ccccc1. The van der Waals surface area contributed by atoms with Crippen LogP contribution in [0.2, 0.25) is 0 Å². The largest absolute Gasteiger partial charge is 0.432 e. The van der Waals surface area contributed by atoms with Crippen LogP contribution in [-0.2, 0) is 9.31 Å². The van der Waals surface area contributed by atoms with Crippen molar-refractivity contribution in [1.82, 2.24) is 0 Å². The van der Waals surface area contributed by atoms with Crippen molar-refractivity contribution in [3.05, 3.63) is 96.1 Å². The Labute approximate surface area is 168 Å². The molecule has 3 aromatic carbocycles. The normalized spacial score (nSPS) is 12.9. The summed E-state index contributed by atoms with van der Waals surface area (Å²) < 4.78 is 11.3. The Bertz CT molecular complexity index is 746. The van der Waals surface area contributed by atoms with Crippen LogP contribution in [0.1, 0.15) is 23.2 Å². The van der Waals surface area contributed by atoms with Crippen LogP contribution >= 0.6 is 0 Å². The number of rotatable bonds is 10. The molecule has 3 aromatic rings. The van der Waals surface area contributed by atoms with Crippen LogP contribution in [0.4, 0.5) is 0 Å². The number of hydrogen-bond donors (Lipinski definition) is 2. The van der Waals surface area contributed by atoms with E-state index in [0.29, 0.717) is 13.2 Å². The van der Waals surface area contributed by atoms with Gasteiger partial charge in [-0.2, -0.15) is 0 Å². The molecule has 0 saturated heterocycles. The second kappa shape index (κ2) is 10.8. The first kappa shape index (κ1) is 20.4. The zero-order chi connectivity index (χ0) is 19.6. The van der Waals surface area contributed by atoms with Crippen molar-refractivity contribution >= 4 is 25.9 Å². The fraction of sp³-hybridized carbons (Fsp3) is 0.182. The third-order valence-corrected chi connectivity index (χ3v) is 4.38. The maximum atomic E-state index is 6.13. The van der Waals surface area contributed by atoms with Crippen LogP contribution in [0.3, 0.4) is 0 Å². The molecule has 28 heavy (non-hydrogen) atoms. The predicted octanol–water partition coefficient (Wildman–Crippen LogP) is 1.61. The van der Waals surface area contributed by atoms with E-state index in [1.165, 1.54) is 0 Å². The zero-order valence-electron chi connectivity index (χ0n) is 15.8. The molecule has 0 aromatic heterocycles. The summed E-state index contributed by atoms with van der Waals surface area (Å²) in [5, 5.41) is 0. The summed E-state index contributed by atoms with van der Waals surface area (Å²) in [7, 11) is 3.44. The van der Waals surface area contributed by atoms with Crippen molar-refractivity contribution in [1.29, 1.82) is 0 Å². The molecule has 4 N–H and O–H groups in total. The van der Waals surface area contributed by atoms with Crippen LogP contribution in [-0.4, -0.2) is 28.2 Å². The maximum absolute atomic E-state index is 6.13. The minimum absolute atomic E-state index is 0.146. The molecule has 0 bridgehead atoms. The third-order valence-electron chi connectivity index (χ3n) is 4.38. The fourth-order valence-electron chi connectivity index (χ4n) is 2.74. The lowest BCUT2D eigenvalue weighted by Gasteiger charge is -2.13. The standard InChI is InChI=1S/C22H24B2N2O2/c25-21(17-7-3-1-4-8-17)15-27-23-19-11-13-20(14-12-19)24-28-16-22(26)18-9-5-2-6-10-18/h1-14,21-22H,15-16,25-26H2. The van der Waals surface area contributed by atoms with Crippen molar-refractivity contribution < 1.29 is 9.31 Å². The van der Waals surface area contributed by atoms with Crippen LogP contribution < -0.4 is 22.4 Å². The van der Waals surface area contributed by atoms with Crippen molar-refractivity contribution in [2.75, 3.05) is 13.2 Å². The highest BCUT2D eigenvalue weighted by Crippen LogP contribution is 2.10. The van der Waals surface area contributed by atoms with E-state index < -0.39 is 0 Å². The molecule has 2 atom stereocenters. The van der Waals surface area contributed by atoms with Crippen molar-refractivity contribution in [2.24, 2.45) is 11.5 Å². The van der Waals surface area contributed by atoms with Crippen molar-refractivity contribution in [3.63, 3.8) is 0 Å². The van der Waals surface area contributed by atoms with E-state index in [1.54, 1.807) is 15.0 Å². The zero-order valence-corrected chi connectivity index (χ0v) is 15.8. The molecule has 2 radical (unpaired) electrons. The monoisotopic (exact) mass is 370 g/mol. The Hall–Kier alpha value is -2.37. The Balaban J connectivity index is 1.37. The molecule has 2 unspecified atom stereocenters. The minimum atomic E-state index is -0.146. The van der Waals surface area contributed by atoms with Gasteiger partial charge in [-0.05, 0) is 11.1 Å². The summed E-state index contributed by atoms with van der Waals surface area (Å²) in [6, 6.07) is 27.5. The molecular weight excluding hydrogens is 346 g/mol. The summed E-state index contributed by atoms with van der Waals surface area (Å²) in [6.45, 7) is 0.858. The van der Waals surface area contributed by atoms with Gasteiger partial charge in [0.05, 0.1) is 12.1 Å². The Morgan fingerprint density at radius 2 is 0.929 bits per heavy atom. The molecular formula is C22H24B2N2O2. The van der Waals surface area contributed by atoms with E-state index >= 15 is 0 Å². The second-order valence-electron chi connectivity index (χ2n) is 6.60. The molecule has 0 aliphatic carbocycles. The highest BCUT2D eigenvalue weighted by atomic mass is 16.4. The fourth-order valence-corrected chi connectivity index (χ4v) is 2.74. The van der Waals surface area contributed by atoms with E-state index in [1.807, 2.05) is 84.9 Å². The van der Waals surface area contributed by atoms with E-state index in [-0.39, 0.29) is 12.1 Å². The molecule has 4 nitrogen and oxygen atoms in total. The summed E-state index contributed by atoms with van der Waals surface area (Å²) >= 11 is 0. The lowest BCUT2D eigenvalue weighted by molar-refractivity contribution is 0.310. The van der Waals surface area contributed by atoms with Gasteiger partial charge in [0.15, 0.2) is 0 Å². The lowest BCUT2D eigenvalue weighted by Crippen LogP contribution is -2.27. The topological polar surface area (TPSA) is 70.5 Å². The first-order valence-corrected chi connectivity index (χ1v) is 9.33. The number of nitrogens with two attached hydrogens (primary N) is 2. The molecule has 0 spiro atoms. The molecule has 0 aliphatic heterocycles. The Morgan fingerprint density at radius 1 is 0.571 bits per heavy atom. The molecule has 140 valence electrons. The highest BCUT2D eigenvalue weighted by Gasteiger charge is 2.08.